The standard InChI is InChI=1S/C6H10N2O2S/c1-7-2-5-8-4(3-11-5)6(9)10/h4,7H,2-3H2,1H3,(H,9,10). The molecular formula is C6H10N2O2S. The minimum atomic E-state index is -0.830. The highest BCUT2D eigenvalue weighted by Gasteiger charge is 2.23. The van der Waals surface area contributed by atoms with Crippen LogP contribution >= 0.6 is 11.8 Å². The number of carboxylic acids is 1. The Kier molecular flexibility index (Phi) is 2.90. The molecule has 0 spiro atoms. The minimum Gasteiger partial charge on any atom is -0.480 e. The van der Waals surface area contributed by atoms with Gasteiger partial charge in [0.15, 0.2) is 6.04 Å². The molecule has 0 saturated carbocycles. The second-order valence-corrected chi connectivity index (χ2v) is 3.31. The monoisotopic (exact) mass is 174 g/mol. The van der Waals surface area contributed by atoms with Crippen LogP contribution in [0.3, 0.4) is 0 Å². The van der Waals surface area contributed by atoms with Crippen molar-refractivity contribution in [2.24, 2.45) is 4.99 Å². The van der Waals surface area contributed by atoms with Crippen LogP contribution in [0.25, 0.3) is 0 Å². The van der Waals surface area contributed by atoms with E-state index in [1.807, 2.05) is 7.05 Å². The lowest BCUT2D eigenvalue weighted by Crippen LogP contribution is -2.17. The molecule has 0 aromatic carbocycles. The lowest BCUT2D eigenvalue weighted by molar-refractivity contribution is -0.137. The minimum absolute atomic E-state index is 0.525. The number of aliphatic carboxylic acids is 1. The van der Waals surface area contributed by atoms with E-state index in [2.05, 4.69) is 10.3 Å². The van der Waals surface area contributed by atoms with Gasteiger partial charge in [0.2, 0.25) is 0 Å². The molecule has 1 aliphatic rings. The topological polar surface area (TPSA) is 61.7 Å². The number of thioether (sulfide) groups is 1. The van der Waals surface area contributed by atoms with Crippen molar-refractivity contribution in [2.75, 3.05) is 19.3 Å². The van der Waals surface area contributed by atoms with Gasteiger partial charge in [0, 0.05) is 12.3 Å². The number of carbonyl (C=O) groups is 1. The first-order valence-corrected chi connectivity index (χ1v) is 4.29. The summed E-state index contributed by atoms with van der Waals surface area (Å²) in [6.45, 7) is 0.675. The van der Waals surface area contributed by atoms with Gasteiger partial charge in [-0.15, -0.1) is 11.8 Å². The van der Waals surface area contributed by atoms with Gasteiger partial charge in [-0.05, 0) is 7.05 Å². The van der Waals surface area contributed by atoms with Gasteiger partial charge >= 0.3 is 5.97 Å². The third-order valence-electron chi connectivity index (χ3n) is 1.32. The van der Waals surface area contributed by atoms with E-state index in [-0.39, 0.29) is 0 Å². The van der Waals surface area contributed by atoms with Gasteiger partial charge in [0.25, 0.3) is 0 Å². The summed E-state index contributed by atoms with van der Waals surface area (Å²) >= 11 is 1.51. The van der Waals surface area contributed by atoms with Gasteiger partial charge in [0.1, 0.15) is 0 Å². The first-order chi connectivity index (χ1) is 5.24. The molecular weight excluding hydrogens is 164 g/mol. The van der Waals surface area contributed by atoms with E-state index >= 15 is 0 Å². The predicted molar refractivity (Wildman–Crippen MR) is 45.2 cm³/mol. The van der Waals surface area contributed by atoms with Gasteiger partial charge < -0.3 is 10.4 Å². The summed E-state index contributed by atoms with van der Waals surface area (Å²) in [5.41, 5.74) is 0. The van der Waals surface area contributed by atoms with Crippen molar-refractivity contribution >= 4 is 22.8 Å². The average Bonchev–Trinajstić information content (AvgIpc) is 2.37. The van der Waals surface area contributed by atoms with Gasteiger partial charge in [-0.25, -0.2) is 4.79 Å². The maximum Gasteiger partial charge on any atom is 0.329 e. The highest BCUT2D eigenvalue weighted by Crippen LogP contribution is 2.17. The lowest BCUT2D eigenvalue weighted by Gasteiger charge is -1.94. The first-order valence-electron chi connectivity index (χ1n) is 3.31. The fourth-order valence-electron chi connectivity index (χ4n) is 0.798. The van der Waals surface area contributed by atoms with E-state index in [9.17, 15) is 4.79 Å². The number of carboxylic acid groups (broad SMARTS) is 1. The summed E-state index contributed by atoms with van der Waals surface area (Å²) < 4.78 is 0. The quantitative estimate of drug-likeness (QED) is 0.622. The van der Waals surface area contributed by atoms with Crippen LogP contribution in [0.2, 0.25) is 0 Å². The van der Waals surface area contributed by atoms with Crippen LogP contribution in [0, 0.1) is 0 Å². The smallest absolute Gasteiger partial charge is 0.329 e. The third-order valence-corrected chi connectivity index (χ3v) is 2.39. The number of nitrogens with one attached hydrogen (secondary N) is 1. The van der Waals surface area contributed by atoms with E-state index in [1.165, 1.54) is 11.8 Å². The number of aliphatic imine (C=N–C) groups is 1. The summed E-state index contributed by atoms with van der Waals surface area (Å²) in [5.74, 6) is -0.254. The van der Waals surface area contributed by atoms with Crippen LogP contribution < -0.4 is 5.32 Å². The van der Waals surface area contributed by atoms with E-state index in [0.717, 1.165) is 5.04 Å². The van der Waals surface area contributed by atoms with Gasteiger partial charge in [0.05, 0.1) is 5.04 Å². The first kappa shape index (κ1) is 8.55. The summed E-state index contributed by atoms with van der Waals surface area (Å²) in [7, 11) is 1.82. The predicted octanol–water partition coefficient (Wildman–Crippen LogP) is -0.196. The Bertz CT molecular complexity index is 193. The van der Waals surface area contributed by atoms with Crippen LogP contribution in [0.1, 0.15) is 0 Å². The molecule has 1 atom stereocenters. The molecule has 0 saturated heterocycles. The maximum atomic E-state index is 10.4. The molecule has 0 amide bonds. The normalized spacial score (nSPS) is 23.4. The Morgan fingerprint density at radius 2 is 2.73 bits per heavy atom. The molecule has 2 N–H and O–H groups in total. The second-order valence-electron chi connectivity index (χ2n) is 2.22. The largest absolute Gasteiger partial charge is 0.480 e. The zero-order valence-electron chi connectivity index (χ0n) is 6.20. The molecule has 1 heterocycles. The Morgan fingerprint density at radius 1 is 2.00 bits per heavy atom. The van der Waals surface area contributed by atoms with Crippen molar-refractivity contribution in [3.8, 4) is 0 Å². The van der Waals surface area contributed by atoms with Crippen LogP contribution in [0.4, 0.5) is 0 Å². The van der Waals surface area contributed by atoms with E-state index in [0.29, 0.717) is 12.3 Å². The number of nitrogens with zero attached hydrogens (tertiary/aromatic N) is 1. The molecule has 1 unspecified atom stereocenters. The van der Waals surface area contributed by atoms with Crippen LogP contribution in [-0.2, 0) is 4.79 Å². The molecule has 1 aliphatic heterocycles. The van der Waals surface area contributed by atoms with E-state index < -0.39 is 12.0 Å². The Morgan fingerprint density at radius 3 is 3.18 bits per heavy atom. The van der Waals surface area contributed by atoms with E-state index in [1.54, 1.807) is 0 Å². The van der Waals surface area contributed by atoms with Crippen molar-refractivity contribution in [1.29, 1.82) is 0 Å². The zero-order chi connectivity index (χ0) is 8.27. The molecule has 1 rings (SSSR count). The molecule has 0 fully saturated rings. The highest BCUT2D eigenvalue weighted by atomic mass is 32.2. The van der Waals surface area contributed by atoms with Crippen LogP contribution in [0.5, 0.6) is 0 Å². The average molecular weight is 174 g/mol. The molecule has 11 heavy (non-hydrogen) atoms. The Hall–Kier alpha value is -0.550. The van der Waals surface area contributed by atoms with Crippen LogP contribution in [0.15, 0.2) is 4.99 Å². The lowest BCUT2D eigenvalue weighted by atomic mass is 10.4. The van der Waals surface area contributed by atoms with Crippen molar-refractivity contribution in [3.05, 3.63) is 0 Å². The summed E-state index contributed by atoms with van der Waals surface area (Å²) in [6.07, 6.45) is 0. The molecule has 5 heteroatoms. The molecule has 62 valence electrons. The number of rotatable bonds is 3. The van der Waals surface area contributed by atoms with Crippen molar-refractivity contribution in [1.82, 2.24) is 5.32 Å². The molecule has 0 aliphatic carbocycles. The van der Waals surface area contributed by atoms with Gasteiger partial charge in [-0.2, -0.15) is 0 Å². The maximum absolute atomic E-state index is 10.4. The summed E-state index contributed by atoms with van der Waals surface area (Å²) in [5, 5.41) is 12.4. The number of hydrogen-bond acceptors (Lipinski definition) is 4. The fraction of sp³-hybridized carbons (Fsp3) is 0.667. The summed E-state index contributed by atoms with van der Waals surface area (Å²) in [4.78, 5) is 14.4. The van der Waals surface area contributed by atoms with E-state index in [4.69, 9.17) is 5.11 Å². The molecule has 4 nitrogen and oxygen atoms in total. The number of hydrogen-bond donors (Lipinski definition) is 2. The Balaban J connectivity index is 2.47. The van der Waals surface area contributed by atoms with Crippen molar-refractivity contribution in [2.45, 2.75) is 6.04 Å². The Labute approximate surface area is 69.1 Å². The van der Waals surface area contributed by atoms with Crippen molar-refractivity contribution < 1.29 is 9.90 Å². The zero-order valence-corrected chi connectivity index (χ0v) is 7.02. The third kappa shape index (κ3) is 2.20. The molecule has 0 aromatic rings. The van der Waals surface area contributed by atoms with Gasteiger partial charge in [-0.1, -0.05) is 0 Å². The molecule has 0 bridgehead atoms. The van der Waals surface area contributed by atoms with Crippen molar-refractivity contribution in [3.63, 3.8) is 0 Å². The molecule has 0 radical (unpaired) electrons. The highest BCUT2D eigenvalue weighted by molar-refractivity contribution is 8.14. The van der Waals surface area contributed by atoms with Crippen LogP contribution in [-0.4, -0.2) is 41.5 Å². The fourth-order valence-corrected chi connectivity index (χ4v) is 1.81. The molecule has 0 aromatic heterocycles. The SMILES string of the molecule is CNCC1=NC(C(=O)O)CS1. The van der Waals surface area contributed by atoms with Gasteiger partial charge in [-0.3, -0.25) is 4.99 Å². The summed E-state index contributed by atoms with van der Waals surface area (Å²) in [6, 6.07) is -0.525. The second kappa shape index (κ2) is 3.73.